The van der Waals surface area contributed by atoms with Gasteiger partial charge in [-0.25, -0.2) is 9.50 Å². The standard InChI is InChI=1S/C14H15N5/c1-9-16-11-5-6-15-13(14(11)17-9)12-8-10-4-2-3-7-19(10)18-12/h2-4,7-8,13,15H,5-6H2,1H3,(H,16,17). The minimum atomic E-state index is 0.0913. The third-order valence-corrected chi connectivity index (χ3v) is 3.61. The van der Waals surface area contributed by atoms with Crippen LogP contribution in [0.2, 0.25) is 0 Å². The Morgan fingerprint density at radius 3 is 3.21 bits per heavy atom. The van der Waals surface area contributed by atoms with E-state index in [-0.39, 0.29) is 6.04 Å². The van der Waals surface area contributed by atoms with Crippen LogP contribution in [0.5, 0.6) is 0 Å². The summed E-state index contributed by atoms with van der Waals surface area (Å²) in [5.41, 5.74) is 4.46. The predicted octanol–water partition coefficient (Wildman–Crippen LogP) is 1.60. The van der Waals surface area contributed by atoms with Gasteiger partial charge in [-0.05, 0) is 25.1 Å². The lowest BCUT2D eigenvalue weighted by atomic mass is 10.0. The van der Waals surface area contributed by atoms with Gasteiger partial charge in [-0.1, -0.05) is 6.07 Å². The largest absolute Gasteiger partial charge is 0.346 e. The number of fused-ring (bicyclic) bond motifs is 2. The van der Waals surface area contributed by atoms with Crippen LogP contribution in [0, 0.1) is 6.92 Å². The van der Waals surface area contributed by atoms with Crippen LogP contribution in [0.4, 0.5) is 0 Å². The molecular weight excluding hydrogens is 238 g/mol. The van der Waals surface area contributed by atoms with Crippen molar-refractivity contribution in [3.05, 3.63) is 53.4 Å². The van der Waals surface area contributed by atoms with Crippen molar-refractivity contribution in [3.63, 3.8) is 0 Å². The lowest BCUT2D eigenvalue weighted by Gasteiger charge is -2.21. The molecule has 1 atom stereocenters. The molecular formula is C14H15N5. The Balaban J connectivity index is 1.84. The second kappa shape index (κ2) is 3.93. The van der Waals surface area contributed by atoms with Crippen LogP contribution in [0.25, 0.3) is 5.52 Å². The molecule has 1 aliphatic heterocycles. The summed E-state index contributed by atoms with van der Waals surface area (Å²) >= 11 is 0. The second-order valence-electron chi connectivity index (χ2n) is 4.96. The average molecular weight is 253 g/mol. The van der Waals surface area contributed by atoms with E-state index in [9.17, 15) is 0 Å². The van der Waals surface area contributed by atoms with Gasteiger partial charge in [0, 0.05) is 24.9 Å². The minimum absolute atomic E-state index is 0.0913. The van der Waals surface area contributed by atoms with Gasteiger partial charge in [-0.2, -0.15) is 5.10 Å². The minimum Gasteiger partial charge on any atom is -0.346 e. The molecule has 4 rings (SSSR count). The molecule has 0 aromatic carbocycles. The van der Waals surface area contributed by atoms with Crippen molar-refractivity contribution < 1.29 is 0 Å². The highest BCUT2D eigenvalue weighted by Gasteiger charge is 2.26. The molecule has 0 fully saturated rings. The third kappa shape index (κ3) is 1.66. The van der Waals surface area contributed by atoms with Gasteiger partial charge in [0.05, 0.1) is 22.9 Å². The average Bonchev–Trinajstić information content (AvgIpc) is 2.99. The Morgan fingerprint density at radius 2 is 2.32 bits per heavy atom. The van der Waals surface area contributed by atoms with E-state index >= 15 is 0 Å². The molecule has 1 aliphatic rings. The van der Waals surface area contributed by atoms with Gasteiger partial charge in [0.2, 0.25) is 0 Å². The molecule has 0 saturated heterocycles. The lowest BCUT2D eigenvalue weighted by Crippen LogP contribution is -2.31. The maximum Gasteiger partial charge on any atom is 0.103 e. The molecule has 0 amide bonds. The molecule has 96 valence electrons. The second-order valence-corrected chi connectivity index (χ2v) is 4.96. The molecule has 0 radical (unpaired) electrons. The van der Waals surface area contributed by atoms with Crippen LogP contribution in [0.3, 0.4) is 0 Å². The summed E-state index contributed by atoms with van der Waals surface area (Å²) < 4.78 is 1.91. The van der Waals surface area contributed by atoms with Gasteiger partial charge in [0.25, 0.3) is 0 Å². The van der Waals surface area contributed by atoms with E-state index in [0.29, 0.717) is 0 Å². The SMILES string of the molecule is Cc1nc2c([nH]1)CCNC2c1cc2ccccn2n1. The van der Waals surface area contributed by atoms with E-state index in [0.717, 1.165) is 35.7 Å². The van der Waals surface area contributed by atoms with Gasteiger partial charge in [0.15, 0.2) is 0 Å². The summed E-state index contributed by atoms with van der Waals surface area (Å²) in [6.07, 6.45) is 2.97. The molecule has 1 unspecified atom stereocenters. The maximum atomic E-state index is 4.64. The number of hydrogen-bond acceptors (Lipinski definition) is 3. The van der Waals surface area contributed by atoms with Crippen LogP contribution < -0.4 is 5.32 Å². The summed E-state index contributed by atoms with van der Waals surface area (Å²) in [5, 5.41) is 8.15. The summed E-state index contributed by atoms with van der Waals surface area (Å²) in [6, 6.07) is 8.29. The van der Waals surface area contributed by atoms with Crippen molar-refractivity contribution in [2.24, 2.45) is 0 Å². The third-order valence-electron chi connectivity index (χ3n) is 3.61. The molecule has 0 saturated carbocycles. The number of nitrogens with zero attached hydrogens (tertiary/aromatic N) is 3. The fourth-order valence-corrected chi connectivity index (χ4v) is 2.77. The molecule has 3 aromatic heterocycles. The molecule has 0 aliphatic carbocycles. The summed E-state index contributed by atoms with van der Waals surface area (Å²) in [4.78, 5) is 7.96. The first kappa shape index (κ1) is 10.8. The first-order chi connectivity index (χ1) is 9.31. The molecule has 0 bridgehead atoms. The Morgan fingerprint density at radius 1 is 1.37 bits per heavy atom. The predicted molar refractivity (Wildman–Crippen MR) is 72.1 cm³/mol. The topological polar surface area (TPSA) is 58.0 Å². The first-order valence-corrected chi connectivity index (χ1v) is 6.54. The Kier molecular flexibility index (Phi) is 2.22. The van der Waals surface area contributed by atoms with Crippen molar-refractivity contribution in [2.75, 3.05) is 6.54 Å². The maximum absolute atomic E-state index is 4.64. The number of hydrogen-bond donors (Lipinski definition) is 2. The van der Waals surface area contributed by atoms with Crippen molar-refractivity contribution in [1.82, 2.24) is 24.9 Å². The molecule has 5 heteroatoms. The molecule has 19 heavy (non-hydrogen) atoms. The van der Waals surface area contributed by atoms with Crippen LogP contribution in [-0.4, -0.2) is 26.1 Å². The van der Waals surface area contributed by atoms with Crippen LogP contribution in [-0.2, 0) is 6.42 Å². The van der Waals surface area contributed by atoms with Crippen LogP contribution >= 0.6 is 0 Å². The van der Waals surface area contributed by atoms with E-state index in [2.05, 4.69) is 32.5 Å². The Labute approximate surface area is 110 Å². The van der Waals surface area contributed by atoms with E-state index in [1.165, 1.54) is 5.69 Å². The monoisotopic (exact) mass is 253 g/mol. The van der Waals surface area contributed by atoms with E-state index in [1.807, 2.05) is 29.8 Å². The number of aryl methyl sites for hydroxylation is 1. The fraction of sp³-hybridized carbons (Fsp3) is 0.286. The summed E-state index contributed by atoms with van der Waals surface area (Å²) in [7, 11) is 0. The summed E-state index contributed by atoms with van der Waals surface area (Å²) in [6.45, 7) is 2.95. The number of imidazole rings is 1. The van der Waals surface area contributed by atoms with Crippen molar-refractivity contribution in [2.45, 2.75) is 19.4 Å². The van der Waals surface area contributed by atoms with Gasteiger partial charge in [0.1, 0.15) is 5.82 Å². The lowest BCUT2D eigenvalue weighted by molar-refractivity contribution is 0.540. The zero-order valence-corrected chi connectivity index (χ0v) is 10.7. The van der Waals surface area contributed by atoms with Gasteiger partial charge in [-0.3, -0.25) is 0 Å². The van der Waals surface area contributed by atoms with Gasteiger partial charge >= 0.3 is 0 Å². The van der Waals surface area contributed by atoms with Crippen LogP contribution in [0.1, 0.15) is 28.9 Å². The van der Waals surface area contributed by atoms with Crippen molar-refractivity contribution in [3.8, 4) is 0 Å². The van der Waals surface area contributed by atoms with E-state index in [4.69, 9.17) is 0 Å². The number of aromatic nitrogens is 4. The Hall–Kier alpha value is -2.14. The number of rotatable bonds is 1. The van der Waals surface area contributed by atoms with Crippen LogP contribution in [0.15, 0.2) is 30.5 Å². The smallest absolute Gasteiger partial charge is 0.103 e. The normalized spacial score (nSPS) is 18.7. The Bertz CT molecular complexity index is 706. The number of aromatic amines is 1. The summed E-state index contributed by atoms with van der Waals surface area (Å²) in [5.74, 6) is 0.975. The zero-order valence-electron chi connectivity index (χ0n) is 10.7. The molecule has 3 aromatic rings. The number of pyridine rings is 1. The highest BCUT2D eigenvalue weighted by molar-refractivity contribution is 5.49. The highest BCUT2D eigenvalue weighted by atomic mass is 15.2. The fourth-order valence-electron chi connectivity index (χ4n) is 2.77. The van der Waals surface area contributed by atoms with Crippen molar-refractivity contribution in [1.29, 1.82) is 0 Å². The first-order valence-electron chi connectivity index (χ1n) is 6.54. The zero-order chi connectivity index (χ0) is 12.8. The van der Waals surface area contributed by atoms with Gasteiger partial charge < -0.3 is 10.3 Å². The quantitative estimate of drug-likeness (QED) is 0.692. The molecule has 5 nitrogen and oxygen atoms in total. The molecule has 2 N–H and O–H groups in total. The van der Waals surface area contributed by atoms with E-state index in [1.54, 1.807) is 0 Å². The molecule has 4 heterocycles. The highest BCUT2D eigenvalue weighted by Crippen LogP contribution is 2.26. The van der Waals surface area contributed by atoms with E-state index < -0.39 is 0 Å². The number of nitrogens with one attached hydrogen (secondary N) is 2. The molecule has 0 spiro atoms. The van der Waals surface area contributed by atoms with Crippen molar-refractivity contribution >= 4 is 5.52 Å². The number of H-pyrrole nitrogens is 1. The van der Waals surface area contributed by atoms with Gasteiger partial charge in [-0.15, -0.1) is 0 Å².